The summed E-state index contributed by atoms with van der Waals surface area (Å²) in [6, 6.07) is 8.87. The monoisotopic (exact) mass is 418 g/mol. The molecule has 0 unspecified atom stereocenters. The van der Waals surface area contributed by atoms with Crippen LogP contribution >= 0.6 is 34.2 Å². The van der Waals surface area contributed by atoms with E-state index in [4.69, 9.17) is 16.7 Å². The minimum absolute atomic E-state index is 0.00390. The number of carboxylic acid groups (broad SMARTS) is 1. The predicted octanol–water partition coefficient (Wildman–Crippen LogP) is 4.29. The molecule has 0 aromatic heterocycles. The van der Waals surface area contributed by atoms with Crippen molar-refractivity contribution in [3.63, 3.8) is 0 Å². The maximum Gasteiger partial charge on any atom is 0.337 e. The van der Waals surface area contributed by atoms with Crippen LogP contribution in [0.4, 0.5) is 17.1 Å². The van der Waals surface area contributed by atoms with Crippen LogP contribution in [-0.4, -0.2) is 16.0 Å². The van der Waals surface area contributed by atoms with Crippen molar-refractivity contribution >= 4 is 57.2 Å². The fraction of sp³-hybridized carbons (Fsp3) is 0. The Kier molecular flexibility index (Phi) is 4.63. The molecule has 0 radical (unpaired) electrons. The van der Waals surface area contributed by atoms with Gasteiger partial charge in [-0.05, 0) is 46.9 Å². The van der Waals surface area contributed by atoms with Gasteiger partial charge < -0.3 is 10.4 Å². The maximum absolute atomic E-state index is 10.9. The standard InChI is InChI=1S/C13H8ClIN2O4/c14-10-5-7(1-3-9(10)13(18)19)16-12-4-2-8(17(20)21)6-11(12)15/h1-6,16H,(H,18,19). The molecule has 0 aliphatic rings. The number of anilines is 2. The van der Waals surface area contributed by atoms with Crippen LogP contribution < -0.4 is 5.32 Å². The summed E-state index contributed by atoms with van der Waals surface area (Å²) in [6.45, 7) is 0. The van der Waals surface area contributed by atoms with E-state index in [-0.39, 0.29) is 16.3 Å². The summed E-state index contributed by atoms with van der Waals surface area (Å²) >= 11 is 7.86. The first-order chi connectivity index (χ1) is 9.88. The number of carbonyl (C=O) groups is 1. The van der Waals surface area contributed by atoms with Gasteiger partial charge in [-0.15, -0.1) is 0 Å². The Balaban J connectivity index is 2.28. The van der Waals surface area contributed by atoms with Crippen molar-refractivity contribution in [3.05, 3.63) is 60.7 Å². The minimum Gasteiger partial charge on any atom is -0.478 e. The summed E-state index contributed by atoms with van der Waals surface area (Å²) in [5.41, 5.74) is 1.28. The first-order valence-electron chi connectivity index (χ1n) is 5.62. The molecule has 0 aliphatic carbocycles. The SMILES string of the molecule is O=C(O)c1ccc(Nc2ccc([N+](=O)[O-])cc2I)cc1Cl. The van der Waals surface area contributed by atoms with E-state index in [1.165, 1.54) is 24.3 Å². The second kappa shape index (κ2) is 6.27. The lowest BCUT2D eigenvalue weighted by atomic mass is 10.2. The highest BCUT2D eigenvalue weighted by Gasteiger charge is 2.11. The fourth-order valence-corrected chi connectivity index (χ4v) is 2.54. The van der Waals surface area contributed by atoms with Gasteiger partial charge in [0.15, 0.2) is 0 Å². The second-order valence-corrected chi connectivity index (χ2v) is 5.62. The van der Waals surface area contributed by atoms with Gasteiger partial charge >= 0.3 is 5.97 Å². The van der Waals surface area contributed by atoms with Crippen molar-refractivity contribution in [3.8, 4) is 0 Å². The molecule has 0 atom stereocenters. The van der Waals surface area contributed by atoms with E-state index in [1.54, 1.807) is 12.1 Å². The number of rotatable bonds is 4. The summed E-state index contributed by atoms with van der Waals surface area (Å²) in [5.74, 6) is -1.10. The van der Waals surface area contributed by atoms with E-state index in [1.807, 2.05) is 22.6 Å². The molecule has 108 valence electrons. The third-order valence-electron chi connectivity index (χ3n) is 2.64. The van der Waals surface area contributed by atoms with Crippen molar-refractivity contribution in [1.29, 1.82) is 0 Å². The van der Waals surface area contributed by atoms with Gasteiger partial charge in [0.05, 0.1) is 21.2 Å². The topological polar surface area (TPSA) is 92.5 Å². The molecule has 21 heavy (non-hydrogen) atoms. The van der Waals surface area contributed by atoms with E-state index < -0.39 is 10.9 Å². The number of carboxylic acids is 1. The lowest BCUT2D eigenvalue weighted by Crippen LogP contribution is -1.99. The van der Waals surface area contributed by atoms with Crippen molar-refractivity contribution in [1.82, 2.24) is 0 Å². The molecule has 2 N–H and O–H groups in total. The summed E-state index contributed by atoms with van der Waals surface area (Å²) in [5, 5.41) is 22.7. The molecule has 0 saturated carbocycles. The van der Waals surface area contributed by atoms with Crippen LogP contribution in [0.5, 0.6) is 0 Å². The van der Waals surface area contributed by atoms with Crippen molar-refractivity contribution < 1.29 is 14.8 Å². The zero-order valence-corrected chi connectivity index (χ0v) is 13.3. The number of halogens is 2. The molecule has 0 aliphatic heterocycles. The Morgan fingerprint density at radius 2 is 2.00 bits per heavy atom. The minimum atomic E-state index is -1.10. The number of nitro groups is 1. The van der Waals surface area contributed by atoms with Crippen molar-refractivity contribution in [2.75, 3.05) is 5.32 Å². The van der Waals surface area contributed by atoms with Crippen LogP contribution in [0.1, 0.15) is 10.4 Å². The highest BCUT2D eigenvalue weighted by Crippen LogP contribution is 2.28. The highest BCUT2D eigenvalue weighted by molar-refractivity contribution is 14.1. The summed E-state index contributed by atoms with van der Waals surface area (Å²) < 4.78 is 0.667. The molecule has 0 spiro atoms. The quantitative estimate of drug-likeness (QED) is 0.439. The Morgan fingerprint density at radius 3 is 2.52 bits per heavy atom. The van der Waals surface area contributed by atoms with Crippen LogP contribution in [0.25, 0.3) is 0 Å². The number of aromatic carboxylic acids is 1. The molecule has 6 nitrogen and oxygen atoms in total. The predicted molar refractivity (Wildman–Crippen MR) is 87.5 cm³/mol. The largest absolute Gasteiger partial charge is 0.478 e. The van der Waals surface area contributed by atoms with Gasteiger partial charge in [-0.2, -0.15) is 0 Å². The number of hydrogen-bond acceptors (Lipinski definition) is 4. The molecular formula is C13H8ClIN2O4. The number of nitrogens with one attached hydrogen (secondary N) is 1. The first-order valence-corrected chi connectivity index (χ1v) is 7.08. The molecule has 0 heterocycles. The van der Waals surface area contributed by atoms with Crippen LogP contribution in [-0.2, 0) is 0 Å². The van der Waals surface area contributed by atoms with Gasteiger partial charge in [-0.1, -0.05) is 11.6 Å². The van der Waals surface area contributed by atoms with E-state index in [9.17, 15) is 14.9 Å². The number of benzene rings is 2. The van der Waals surface area contributed by atoms with Gasteiger partial charge in [-0.25, -0.2) is 4.79 Å². The summed E-state index contributed by atoms with van der Waals surface area (Å²) in [6.07, 6.45) is 0. The van der Waals surface area contributed by atoms with Gasteiger partial charge in [0.25, 0.3) is 5.69 Å². The van der Waals surface area contributed by atoms with Crippen LogP contribution in [0.3, 0.4) is 0 Å². The van der Waals surface area contributed by atoms with Gasteiger partial charge in [0, 0.05) is 21.4 Å². The Hall–Kier alpha value is -1.87. The lowest BCUT2D eigenvalue weighted by molar-refractivity contribution is -0.384. The summed E-state index contributed by atoms with van der Waals surface area (Å²) in [4.78, 5) is 21.1. The number of nitrogens with zero attached hydrogens (tertiary/aromatic N) is 1. The molecule has 0 amide bonds. The van der Waals surface area contributed by atoms with Crippen LogP contribution in [0, 0.1) is 13.7 Å². The smallest absolute Gasteiger partial charge is 0.337 e. The maximum atomic E-state index is 10.9. The van der Waals surface area contributed by atoms with Crippen LogP contribution in [0.2, 0.25) is 5.02 Å². The molecule has 0 saturated heterocycles. The molecule has 2 aromatic rings. The second-order valence-electron chi connectivity index (χ2n) is 4.05. The first kappa shape index (κ1) is 15.5. The number of hydrogen-bond donors (Lipinski definition) is 2. The molecule has 2 aromatic carbocycles. The lowest BCUT2D eigenvalue weighted by Gasteiger charge is -2.09. The van der Waals surface area contributed by atoms with Crippen molar-refractivity contribution in [2.45, 2.75) is 0 Å². The molecule has 0 bridgehead atoms. The van der Waals surface area contributed by atoms with Crippen molar-refractivity contribution in [2.24, 2.45) is 0 Å². The van der Waals surface area contributed by atoms with E-state index >= 15 is 0 Å². The average molecular weight is 419 g/mol. The molecule has 2 rings (SSSR count). The van der Waals surface area contributed by atoms with Gasteiger partial charge in [0.1, 0.15) is 0 Å². The zero-order valence-electron chi connectivity index (χ0n) is 10.3. The van der Waals surface area contributed by atoms with Crippen LogP contribution in [0.15, 0.2) is 36.4 Å². The average Bonchev–Trinajstić information content (AvgIpc) is 2.40. The van der Waals surface area contributed by atoms with E-state index in [2.05, 4.69) is 5.32 Å². The highest BCUT2D eigenvalue weighted by atomic mass is 127. The summed E-state index contributed by atoms with van der Waals surface area (Å²) in [7, 11) is 0. The zero-order chi connectivity index (χ0) is 15.6. The number of non-ortho nitro benzene ring substituents is 1. The Labute approximate surface area is 138 Å². The van der Waals surface area contributed by atoms with Gasteiger partial charge in [-0.3, -0.25) is 10.1 Å². The number of nitro benzene ring substituents is 1. The Bertz CT molecular complexity index is 736. The third-order valence-corrected chi connectivity index (χ3v) is 3.85. The fourth-order valence-electron chi connectivity index (χ4n) is 1.64. The third kappa shape index (κ3) is 3.61. The normalized spacial score (nSPS) is 10.2. The van der Waals surface area contributed by atoms with Gasteiger partial charge in [0.2, 0.25) is 0 Å². The Morgan fingerprint density at radius 1 is 1.29 bits per heavy atom. The molecular weight excluding hydrogens is 411 g/mol. The molecule has 8 heteroatoms. The van der Waals surface area contributed by atoms with E-state index in [0.717, 1.165) is 0 Å². The van der Waals surface area contributed by atoms with E-state index in [0.29, 0.717) is 14.9 Å². The molecule has 0 fully saturated rings.